The quantitative estimate of drug-likeness (QED) is 0.584. The molecule has 0 unspecified atom stereocenters. The van der Waals surface area contributed by atoms with E-state index in [0.29, 0.717) is 12.1 Å². The summed E-state index contributed by atoms with van der Waals surface area (Å²) in [7, 11) is 0. The Bertz CT molecular complexity index is 105. The first kappa shape index (κ1) is 13.3. The molecule has 80 valence electrons. The first-order chi connectivity index (χ1) is 6.09. The Morgan fingerprint density at radius 3 is 1.92 bits per heavy atom. The van der Waals surface area contributed by atoms with Crippen LogP contribution in [0, 0.1) is 0 Å². The highest BCUT2D eigenvalue weighted by atomic mass is 32.2. The first-order valence-electron chi connectivity index (χ1n) is 5.43. The molecule has 0 aromatic heterocycles. The van der Waals surface area contributed by atoms with Gasteiger partial charge in [-0.1, -0.05) is 6.92 Å². The maximum absolute atomic E-state index is 2.56. The normalized spacial score (nSPS) is 12.0. The van der Waals surface area contributed by atoms with Crippen LogP contribution in [0.4, 0.5) is 0 Å². The van der Waals surface area contributed by atoms with E-state index < -0.39 is 0 Å². The lowest BCUT2D eigenvalue weighted by Gasteiger charge is -2.30. The molecule has 2 heteroatoms. The minimum atomic E-state index is 0.683. The van der Waals surface area contributed by atoms with Crippen molar-refractivity contribution < 1.29 is 0 Å². The Morgan fingerprint density at radius 2 is 1.54 bits per heavy atom. The summed E-state index contributed by atoms with van der Waals surface area (Å²) in [6.07, 6.45) is 1.30. The second-order valence-corrected chi connectivity index (χ2v) is 5.26. The van der Waals surface area contributed by atoms with E-state index in [4.69, 9.17) is 0 Å². The number of hydrogen-bond donors (Lipinski definition) is 0. The topological polar surface area (TPSA) is 3.24 Å². The summed E-state index contributed by atoms with van der Waals surface area (Å²) in [6, 6.07) is 1.37. The number of rotatable bonds is 7. The van der Waals surface area contributed by atoms with Crippen LogP contribution >= 0.6 is 11.8 Å². The fourth-order valence-corrected chi connectivity index (χ4v) is 2.36. The van der Waals surface area contributed by atoms with Gasteiger partial charge in [0.05, 0.1) is 0 Å². The molecule has 0 amide bonds. The van der Waals surface area contributed by atoms with Crippen LogP contribution in [0.1, 0.15) is 41.0 Å². The highest BCUT2D eigenvalue weighted by molar-refractivity contribution is 7.99. The van der Waals surface area contributed by atoms with E-state index in [9.17, 15) is 0 Å². The zero-order chi connectivity index (χ0) is 10.3. The third-order valence-corrected chi connectivity index (χ3v) is 3.34. The summed E-state index contributed by atoms with van der Waals surface area (Å²) in [5.74, 6) is 2.59. The van der Waals surface area contributed by atoms with Crippen LogP contribution in [0.5, 0.6) is 0 Å². The van der Waals surface area contributed by atoms with Gasteiger partial charge in [-0.3, -0.25) is 4.90 Å². The fraction of sp³-hybridized carbons (Fsp3) is 1.00. The van der Waals surface area contributed by atoms with Crippen molar-refractivity contribution in [3.63, 3.8) is 0 Å². The van der Waals surface area contributed by atoms with Crippen molar-refractivity contribution in [1.82, 2.24) is 4.90 Å². The first-order valence-corrected chi connectivity index (χ1v) is 6.58. The molecule has 0 aromatic rings. The Labute approximate surface area is 88.3 Å². The van der Waals surface area contributed by atoms with Crippen molar-refractivity contribution in [3.8, 4) is 0 Å². The van der Waals surface area contributed by atoms with Crippen LogP contribution in [-0.4, -0.2) is 35.0 Å². The molecule has 0 bridgehead atoms. The van der Waals surface area contributed by atoms with Crippen LogP contribution in [0.2, 0.25) is 0 Å². The van der Waals surface area contributed by atoms with Crippen molar-refractivity contribution in [2.45, 2.75) is 53.1 Å². The molecular formula is C11H25NS. The molecule has 0 aliphatic rings. The van der Waals surface area contributed by atoms with Gasteiger partial charge in [-0.15, -0.1) is 0 Å². The molecule has 0 saturated carbocycles. The van der Waals surface area contributed by atoms with Gasteiger partial charge in [0.1, 0.15) is 0 Å². The number of hydrogen-bond acceptors (Lipinski definition) is 2. The molecule has 1 nitrogen and oxygen atoms in total. The summed E-state index contributed by atoms with van der Waals surface area (Å²) in [5.41, 5.74) is 0. The molecule has 0 aliphatic carbocycles. The molecule has 0 aliphatic heterocycles. The highest BCUT2D eigenvalue weighted by Crippen LogP contribution is 2.08. The molecule has 13 heavy (non-hydrogen) atoms. The highest BCUT2D eigenvalue weighted by Gasteiger charge is 2.11. The van der Waals surface area contributed by atoms with Gasteiger partial charge in [0, 0.05) is 24.4 Å². The minimum Gasteiger partial charge on any atom is -0.298 e. The third kappa shape index (κ3) is 6.39. The van der Waals surface area contributed by atoms with Gasteiger partial charge in [-0.2, -0.15) is 11.8 Å². The molecule has 0 radical (unpaired) electrons. The van der Waals surface area contributed by atoms with Crippen molar-refractivity contribution in [1.29, 1.82) is 0 Å². The molecule has 0 saturated heterocycles. The molecule has 0 N–H and O–H groups in total. The summed E-state index contributed by atoms with van der Waals surface area (Å²) < 4.78 is 0. The standard InChI is InChI=1S/C11H25NS/c1-6-8-13-9-7-12(10(2)3)11(4)5/h10-11H,6-9H2,1-5H3. The summed E-state index contributed by atoms with van der Waals surface area (Å²) in [6.45, 7) is 12.6. The summed E-state index contributed by atoms with van der Waals surface area (Å²) >= 11 is 2.07. The molecule has 0 aromatic carbocycles. The van der Waals surface area contributed by atoms with Crippen LogP contribution in [0.3, 0.4) is 0 Å². The van der Waals surface area contributed by atoms with Crippen molar-refractivity contribution >= 4 is 11.8 Å². The fourth-order valence-electron chi connectivity index (χ4n) is 1.53. The number of nitrogens with zero attached hydrogens (tertiary/aromatic N) is 1. The lowest BCUT2D eigenvalue weighted by Crippen LogP contribution is -2.38. The maximum Gasteiger partial charge on any atom is 0.00778 e. The SMILES string of the molecule is CCCSCCN(C(C)C)C(C)C. The molecule has 0 heterocycles. The van der Waals surface area contributed by atoms with E-state index in [0.717, 1.165) is 0 Å². The molecule has 0 spiro atoms. The molecule has 0 fully saturated rings. The number of thioether (sulfide) groups is 1. The predicted molar refractivity (Wildman–Crippen MR) is 64.6 cm³/mol. The van der Waals surface area contributed by atoms with Crippen molar-refractivity contribution in [3.05, 3.63) is 0 Å². The molecule has 0 atom stereocenters. The lowest BCUT2D eigenvalue weighted by atomic mass is 10.2. The van der Waals surface area contributed by atoms with E-state index >= 15 is 0 Å². The largest absolute Gasteiger partial charge is 0.298 e. The summed E-state index contributed by atoms with van der Waals surface area (Å²) in [4.78, 5) is 2.56. The van der Waals surface area contributed by atoms with Gasteiger partial charge < -0.3 is 0 Å². The molecular weight excluding hydrogens is 178 g/mol. The molecule has 0 rings (SSSR count). The van der Waals surface area contributed by atoms with Crippen LogP contribution in [-0.2, 0) is 0 Å². The van der Waals surface area contributed by atoms with Gasteiger partial charge >= 0.3 is 0 Å². The monoisotopic (exact) mass is 203 g/mol. The third-order valence-electron chi connectivity index (χ3n) is 2.17. The van der Waals surface area contributed by atoms with Gasteiger partial charge in [0.2, 0.25) is 0 Å². The Hall–Kier alpha value is 0.310. The van der Waals surface area contributed by atoms with E-state index in [2.05, 4.69) is 51.3 Å². The zero-order valence-electron chi connectivity index (χ0n) is 9.84. The second-order valence-electron chi connectivity index (χ2n) is 4.04. The Kier molecular flexibility index (Phi) is 7.87. The smallest absolute Gasteiger partial charge is 0.00778 e. The van der Waals surface area contributed by atoms with Gasteiger partial charge in [-0.05, 0) is 39.9 Å². The van der Waals surface area contributed by atoms with E-state index in [1.54, 1.807) is 0 Å². The van der Waals surface area contributed by atoms with Crippen LogP contribution in [0.15, 0.2) is 0 Å². The van der Waals surface area contributed by atoms with E-state index in [1.165, 1.54) is 24.5 Å². The zero-order valence-corrected chi connectivity index (χ0v) is 10.7. The second kappa shape index (κ2) is 7.69. The van der Waals surface area contributed by atoms with Gasteiger partial charge in [0.15, 0.2) is 0 Å². The predicted octanol–water partition coefficient (Wildman–Crippen LogP) is 3.25. The van der Waals surface area contributed by atoms with Crippen molar-refractivity contribution in [2.75, 3.05) is 18.1 Å². The van der Waals surface area contributed by atoms with Gasteiger partial charge in [0.25, 0.3) is 0 Å². The average molecular weight is 203 g/mol. The average Bonchev–Trinajstić information content (AvgIpc) is 2.02. The maximum atomic E-state index is 2.56. The van der Waals surface area contributed by atoms with Crippen LogP contribution in [0.25, 0.3) is 0 Å². The van der Waals surface area contributed by atoms with Crippen LogP contribution < -0.4 is 0 Å². The van der Waals surface area contributed by atoms with E-state index in [1.807, 2.05) is 0 Å². The summed E-state index contributed by atoms with van der Waals surface area (Å²) in [5, 5.41) is 0. The Morgan fingerprint density at radius 1 is 1.00 bits per heavy atom. The lowest BCUT2D eigenvalue weighted by molar-refractivity contribution is 0.187. The van der Waals surface area contributed by atoms with Crippen molar-refractivity contribution in [2.24, 2.45) is 0 Å². The minimum absolute atomic E-state index is 0.683. The van der Waals surface area contributed by atoms with E-state index in [-0.39, 0.29) is 0 Å². The Balaban J connectivity index is 3.58. The van der Waals surface area contributed by atoms with Gasteiger partial charge in [-0.25, -0.2) is 0 Å².